The number of H-pyrrole nitrogens is 1. The first-order valence-electron chi connectivity index (χ1n) is 12.0. The van der Waals surface area contributed by atoms with E-state index in [9.17, 15) is 4.79 Å². The lowest BCUT2D eigenvalue weighted by Gasteiger charge is -2.07. The van der Waals surface area contributed by atoms with E-state index in [4.69, 9.17) is 10.1 Å². The third-order valence-corrected chi connectivity index (χ3v) is 7.78. The Morgan fingerprint density at radius 1 is 1.00 bits per heavy atom. The molecule has 0 fully saturated rings. The molecule has 0 aliphatic rings. The summed E-state index contributed by atoms with van der Waals surface area (Å²) in [7, 11) is 1.87. The van der Waals surface area contributed by atoms with Gasteiger partial charge >= 0.3 is 0 Å². The van der Waals surface area contributed by atoms with Crippen LogP contribution in [0.2, 0.25) is 0 Å². The van der Waals surface area contributed by atoms with Crippen molar-refractivity contribution in [2.24, 2.45) is 17.1 Å². The molecule has 38 heavy (non-hydrogen) atoms. The normalized spacial score (nSPS) is 12.2. The summed E-state index contributed by atoms with van der Waals surface area (Å²) in [6, 6.07) is 25.7. The SMILES string of the molecule is Cc1c(N=c2scc(-c3ccccc3)n2N=Cc2c[nH]c3ccc(Br)cc23)c(=O)n(-c2ccccc2)n1C. The van der Waals surface area contributed by atoms with Gasteiger partial charge in [0.2, 0.25) is 4.80 Å². The quantitative estimate of drug-likeness (QED) is 0.235. The molecular formula is C29H23BrN6OS. The second-order valence-electron chi connectivity index (χ2n) is 8.78. The van der Waals surface area contributed by atoms with Crippen molar-refractivity contribution in [3.05, 3.63) is 121 Å². The molecule has 3 aromatic carbocycles. The molecule has 188 valence electrons. The second-order valence-corrected chi connectivity index (χ2v) is 10.5. The van der Waals surface area contributed by atoms with Gasteiger partial charge in [0.1, 0.15) is 0 Å². The molecule has 6 aromatic rings. The van der Waals surface area contributed by atoms with Crippen LogP contribution in [-0.4, -0.2) is 25.2 Å². The highest BCUT2D eigenvalue weighted by atomic mass is 79.9. The summed E-state index contributed by atoms with van der Waals surface area (Å²) in [5.41, 5.74) is 5.65. The van der Waals surface area contributed by atoms with E-state index in [1.165, 1.54) is 11.3 Å². The third-order valence-electron chi connectivity index (χ3n) is 6.47. The van der Waals surface area contributed by atoms with Crippen molar-refractivity contribution in [3.63, 3.8) is 0 Å². The Morgan fingerprint density at radius 2 is 1.74 bits per heavy atom. The minimum absolute atomic E-state index is 0.178. The number of hydrogen-bond donors (Lipinski definition) is 1. The Balaban J connectivity index is 1.53. The van der Waals surface area contributed by atoms with Gasteiger partial charge in [-0.05, 0) is 37.3 Å². The number of fused-ring (bicyclic) bond motifs is 1. The molecule has 0 aliphatic heterocycles. The fraction of sp³-hybridized carbons (Fsp3) is 0.0690. The molecule has 0 radical (unpaired) electrons. The van der Waals surface area contributed by atoms with E-state index in [1.54, 1.807) is 9.36 Å². The lowest BCUT2D eigenvalue weighted by atomic mass is 10.2. The number of aromatic amines is 1. The van der Waals surface area contributed by atoms with E-state index in [0.29, 0.717) is 10.5 Å². The largest absolute Gasteiger partial charge is 0.361 e. The first-order valence-corrected chi connectivity index (χ1v) is 13.6. The van der Waals surface area contributed by atoms with Crippen LogP contribution >= 0.6 is 27.3 Å². The first kappa shape index (κ1) is 24.1. The summed E-state index contributed by atoms with van der Waals surface area (Å²) in [6.07, 6.45) is 3.76. The fourth-order valence-corrected chi connectivity index (χ4v) is 5.62. The summed E-state index contributed by atoms with van der Waals surface area (Å²) in [6.45, 7) is 1.91. The minimum atomic E-state index is -0.178. The minimum Gasteiger partial charge on any atom is -0.361 e. The highest BCUT2D eigenvalue weighted by Gasteiger charge is 2.17. The number of aromatic nitrogens is 4. The maximum atomic E-state index is 13.5. The zero-order valence-electron chi connectivity index (χ0n) is 20.7. The zero-order chi connectivity index (χ0) is 26.2. The topological polar surface area (TPSA) is 72.4 Å². The average molecular weight is 584 g/mol. The maximum absolute atomic E-state index is 13.5. The Kier molecular flexibility index (Phi) is 6.30. The van der Waals surface area contributed by atoms with Gasteiger partial charge in [0.05, 0.1) is 23.3 Å². The number of rotatable bonds is 5. The van der Waals surface area contributed by atoms with Gasteiger partial charge in [0.15, 0.2) is 5.69 Å². The Morgan fingerprint density at radius 3 is 2.50 bits per heavy atom. The van der Waals surface area contributed by atoms with Gasteiger partial charge in [-0.25, -0.2) is 14.4 Å². The molecule has 0 unspecified atom stereocenters. The van der Waals surface area contributed by atoms with Gasteiger partial charge in [-0.2, -0.15) is 5.10 Å². The van der Waals surface area contributed by atoms with Crippen LogP contribution in [-0.2, 0) is 7.05 Å². The number of hydrogen-bond acceptors (Lipinski definition) is 4. The summed E-state index contributed by atoms with van der Waals surface area (Å²) < 4.78 is 6.27. The maximum Gasteiger partial charge on any atom is 0.297 e. The summed E-state index contributed by atoms with van der Waals surface area (Å²) in [5, 5.41) is 7.94. The molecule has 0 spiro atoms. The number of nitrogens with one attached hydrogen (secondary N) is 1. The van der Waals surface area contributed by atoms with E-state index >= 15 is 0 Å². The summed E-state index contributed by atoms with van der Waals surface area (Å²) >= 11 is 5.01. The lowest BCUT2D eigenvalue weighted by Crippen LogP contribution is -2.19. The fourth-order valence-electron chi connectivity index (χ4n) is 4.42. The number of para-hydroxylation sites is 1. The smallest absolute Gasteiger partial charge is 0.297 e. The average Bonchev–Trinajstić information content (AvgIpc) is 3.59. The van der Waals surface area contributed by atoms with E-state index < -0.39 is 0 Å². The van der Waals surface area contributed by atoms with Crippen LogP contribution in [0.1, 0.15) is 11.3 Å². The molecule has 3 heterocycles. The van der Waals surface area contributed by atoms with Crippen LogP contribution in [0.25, 0.3) is 27.8 Å². The van der Waals surface area contributed by atoms with Gasteiger partial charge in [-0.15, -0.1) is 11.3 Å². The first-order chi connectivity index (χ1) is 18.5. The van der Waals surface area contributed by atoms with Crippen molar-refractivity contribution in [2.75, 3.05) is 0 Å². The highest BCUT2D eigenvalue weighted by Crippen LogP contribution is 2.24. The standard InChI is InChI=1S/C29H23BrN6OS/c1-19-27(28(37)36(34(19)2)23-11-7-4-8-12-23)33-29-35(26(18-38-29)20-9-5-3-6-10-20)32-17-21-16-31-25-14-13-22(30)15-24(21)25/h3-18,31H,1-2H3. The Bertz CT molecular complexity index is 1920. The molecule has 6 rings (SSSR count). The molecule has 0 atom stereocenters. The van der Waals surface area contributed by atoms with Crippen molar-refractivity contribution >= 4 is 50.1 Å². The van der Waals surface area contributed by atoms with Gasteiger partial charge in [-0.1, -0.05) is 64.5 Å². The number of benzene rings is 3. The van der Waals surface area contributed by atoms with E-state index in [0.717, 1.165) is 43.6 Å². The zero-order valence-corrected chi connectivity index (χ0v) is 23.1. The van der Waals surface area contributed by atoms with Gasteiger partial charge in [-0.3, -0.25) is 9.48 Å². The van der Waals surface area contributed by atoms with Crippen molar-refractivity contribution in [1.82, 2.24) is 19.0 Å². The molecule has 0 saturated carbocycles. The third kappa shape index (κ3) is 4.29. The van der Waals surface area contributed by atoms with E-state index in [2.05, 4.69) is 27.0 Å². The van der Waals surface area contributed by atoms with Gasteiger partial charge in [0, 0.05) is 45.1 Å². The van der Waals surface area contributed by atoms with Crippen LogP contribution in [0, 0.1) is 6.92 Å². The Labute approximate surface area is 230 Å². The number of nitrogens with zero attached hydrogens (tertiary/aromatic N) is 5. The Hall–Kier alpha value is -4.21. The monoisotopic (exact) mass is 582 g/mol. The van der Waals surface area contributed by atoms with Gasteiger partial charge in [0.25, 0.3) is 5.56 Å². The molecule has 3 aromatic heterocycles. The molecule has 0 amide bonds. The van der Waals surface area contributed by atoms with Crippen LogP contribution in [0.4, 0.5) is 5.69 Å². The highest BCUT2D eigenvalue weighted by molar-refractivity contribution is 9.10. The van der Waals surface area contributed by atoms with Crippen molar-refractivity contribution in [1.29, 1.82) is 0 Å². The summed E-state index contributed by atoms with van der Waals surface area (Å²) in [4.78, 5) is 22.3. The van der Waals surface area contributed by atoms with Crippen molar-refractivity contribution < 1.29 is 0 Å². The summed E-state index contributed by atoms with van der Waals surface area (Å²) in [5.74, 6) is 0. The molecule has 7 nitrogen and oxygen atoms in total. The second kappa shape index (κ2) is 9.92. The van der Waals surface area contributed by atoms with Gasteiger partial charge < -0.3 is 4.98 Å². The molecule has 9 heteroatoms. The predicted molar refractivity (Wildman–Crippen MR) is 158 cm³/mol. The van der Waals surface area contributed by atoms with Crippen LogP contribution in [0.3, 0.4) is 0 Å². The lowest BCUT2D eigenvalue weighted by molar-refractivity contribution is 0.630. The predicted octanol–water partition coefficient (Wildman–Crippen LogP) is 6.37. The van der Waals surface area contributed by atoms with Crippen molar-refractivity contribution in [3.8, 4) is 16.9 Å². The van der Waals surface area contributed by atoms with Crippen molar-refractivity contribution in [2.45, 2.75) is 6.92 Å². The van der Waals surface area contributed by atoms with Crippen LogP contribution < -0.4 is 10.4 Å². The number of halogens is 1. The molecule has 0 bridgehead atoms. The van der Waals surface area contributed by atoms with E-state index in [1.807, 2.05) is 109 Å². The van der Waals surface area contributed by atoms with Crippen LogP contribution in [0.5, 0.6) is 0 Å². The molecular weight excluding hydrogens is 560 g/mol. The van der Waals surface area contributed by atoms with Crippen LogP contribution in [0.15, 0.2) is 110 Å². The molecule has 0 aliphatic carbocycles. The number of thiazole rings is 1. The van der Waals surface area contributed by atoms with E-state index in [-0.39, 0.29) is 5.56 Å². The molecule has 1 N–H and O–H groups in total. The molecule has 0 saturated heterocycles.